The monoisotopic (exact) mass is 302 g/mol. The van der Waals surface area contributed by atoms with Crippen molar-refractivity contribution in [1.29, 1.82) is 0 Å². The van der Waals surface area contributed by atoms with E-state index >= 15 is 0 Å². The molecule has 2 N–H and O–H groups in total. The minimum Gasteiger partial charge on any atom is -0.338 e. The second-order valence-corrected chi connectivity index (χ2v) is 5.25. The molecule has 0 saturated carbocycles. The summed E-state index contributed by atoms with van der Waals surface area (Å²) < 4.78 is 0. The Bertz CT molecular complexity index is 596. The summed E-state index contributed by atoms with van der Waals surface area (Å²) in [5.74, 6) is 0. The smallest absolute Gasteiger partial charge is 0.319 e. The number of carbonyl (C=O) groups excluding carboxylic acids is 1. The van der Waals surface area contributed by atoms with Gasteiger partial charge in [0.05, 0.1) is 0 Å². The lowest BCUT2D eigenvalue weighted by atomic mass is 10.1. The number of amides is 2. The van der Waals surface area contributed by atoms with E-state index in [-0.39, 0.29) is 6.03 Å². The molecule has 0 heterocycles. The van der Waals surface area contributed by atoms with Gasteiger partial charge < -0.3 is 10.6 Å². The standard InChI is InChI=1S/C17H19ClN2O/c1-2-13-6-8-16(9-7-13)20-17(21)19-11-10-14-4-3-5-15(18)12-14/h3-9,12H,2,10-11H2,1H3,(H2,19,20,21). The number of rotatable bonds is 5. The quantitative estimate of drug-likeness (QED) is 0.851. The Balaban J connectivity index is 1.76. The molecule has 0 saturated heterocycles. The Kier molecular flexibility index (Phi) is 5.64. The molecule has 3 nitrogen and oxygen atoms in total. The number of aryl methyl sites for hydroxylation is 1. The molecule has 0 radical (unpaired) electrons. The maximum atomic E-state index is 11.8. The van der Waals surface area contributed by atoms with Gasteiger partial charge in [-0.15, -0.1) is 0 Å². The Morgan fingerprint density at radius 1 is 1.10 bits per heavy atom. The Morgan fingerprint density at radius 2 is 1.86 bits per heavy atom. The van der Waals surface area contributed by atoms with Crippen LogP contribution in [0.5, 0.6) is 0 Å². The average molecular weight is 303 g/mol. The van der Waals surface area contributed by atoms with Crippen LogP contribution in [0.1, 0.15) is 18.1 Å². The van der Waals surface area contributed by atoms with Crippen molar-refractivity contribution in [2.75, 3.05) is 11.9 Å². The molecule has 0 aliphatic heterocycles. The van der Waals surface area contributed by atoms with E-state index < -0.39 is 0 Å². The molecule has 2 aromatic rings. The van der Waals surface area contributed by atoms with Gasteiger partial charge in [0.2, 0.25) is 0 Å². The molecular formula is C17H19ClN2O. The minimum atomic E-state index is -0.193. The van der Waals surface area contributed by atoms with E-state index in [4.69, 9.17) is 11.6 Å². The van der Waals surface area contributed by atoms with E-state index in [2.05, 4.69) is 17.6 Å². The Morgan fingerprint density at radius 3 is 2.52 bits per heavy atom. The number of benzene rings is 2. The van der Waals surface area contributed by atoms with Gasteiger partial charge in [-0.05, 0) is 48.2 Å². The predicted octanol–water partition coefficient (Wildman–Crippen LogP) is 4.27. The first-order valence-corrected chi connectivity index (χ1v) is 7.43. The van der Waals surface area contributed by atoms with Gasteiger partial charge in [0.25, 0.3) is 0 Å². The summed E-state index contributed by atoms with van der Waals surface area (Å²) in [6.45, 7) is 2.67. The Labute approximate surface area is 130 Å². The number of nitrogens with one attached hydrogen (secondary N) is 2. The van der Waals surface area contributed by atoms with E-state index in [9.17, 15) is 4.79 Å². The molecule has 2 amide bonds. The van der Waals surface area contributed by atoms with Gasteiger partial charge in [0.15, 0.2) is 0 Å². The highest BCUT2D eigenvalue weighted by Gasteiger charge is 2.01. The average Bonchev–Trinajstić information content (AvgIpc) is 2.48. The highest BCUT2D eigenvalue weighted by Crippen LogP contribution is 2.11. The van der Waals surface area contributed by atoms with Crippen molar-refractivity contribution in [2.45, 2.75) is 19.8 Å². The van der Waals surface area contributed by atoms with Gasteiger partial charge in [-0.3, -0.25) is 0 Å². The van der Waals surface area contributed by atoms with Crippen molar-refractivity contribution in [1.82, 2.24) is 5.32 Å². The largest absolute Gasteiger partial charge is 0.338 e. The summed E-state index contributed by atoms with van der Waals surface area (Å²) in [6.07, 6.45) is 1.74. The predicted molar refractivity (Wildman–Crippen MR) is 88.0 cm³/mol. The van der Waals surface area contributed by atoms with E-state index in [1.165, 1.54) is 5.56 Å². The van der Waals surface area contributed by atoms with Crippen molar-refractivity contribution < 1.29 is 4.79 Å². The zero-order valence-corrected chi connectivity index (χ0v) is 12.8. The second kappa shape index (κ2) is 7.70. The summed E-state index contributed by atoms with van der Waals surface area (Å²) in [5, 5.41) is 6.37. The second-order valence-electron chi connectivity index (χ2n) is 4.81. The van der Waals surface area contributed by atoms with Gasteiger partial charge in [0.1, 0.15) is 0 Å². The number of urea groups is 1. The molecule has 0 spiro atoms. The first-order chi connectivity index (χ1) is 10.2. The third-order valence-corrected chi connectivity index (χ3v) is 3.44. The van der Waals surface area contributed by atoms with Gasteiger partial charge in [-0.1, -0.05) is 42.8 Å². The van der Waals surface area contributed by atoms with E-state index in [0.717, 1.165) is 24.1 Å². The molecule has 2 aromatic carbocycles. The van der Waals surface area contributed by atoms with Crippen LogP contribution in [0, 0.1) is 0 Å². The van der Waals surface area contributed by atoms with E-state index in [1.807, 2.05) is 48.5 Å². The van der Waals surface area contributed by atoms with Crippen LogP contribution < -0.4 is 10.6 Å². The van der Waals surface area contributed by atoms with Crippen LogP contribution in [0.15, 0.2) is 48.5 Å². The van der Waals surface area contributed by atoms with Gasteiger partial charge in [0, 0.05) is 17.3 Å². The molecule has 0 aliphatic rings. The van der Waals surface area contributed by atoms with Crippen LogP contribution in [-0.2, 0) is 12.8 Å². The van der Waals surface area contributed by atoms with E-state index in [0.29, 0.717) is 11.6 Å². The van der Waals surface area contributed by atoms with Crippen molar-refractivity contribution in [3.63, 3.8) is 0 Å². The molecule has 0 aliphatic carbocycles. The Hall–Kier alpha value is -2.00. The van der Waals surface area contributed by atoms with Gasteiger partial charge in [-0.2, -0.15) is 0 Å². The van der Waals surface area contributed by atoms with Gasteiger partial charge in [-0.25, -0.2) is 4.79 Å². The molecular weight excluding hydrogens is 284 g/mol. The summed E-state index contributed by atoms with van der Waals surface area (Å²) in [6, 6.07) is 15.3. The molecule has 0 fully saturated rings. The van der Waals surface area contributed by atoms with Crippen molar-refractivity contribution in [3.8, 4) is 0 Å². The summed E-state index contributed by atoms with van der Waals surface area (Å²) in [7, 11) is 0. The minimum absolute atomic E-state index is 0.193. The molecule has 2 rings (SSSR count). The molecule has 21 heavy (non-hydrogen) atoms. The normalized spacial score (nSPS) is 10.2. The third kappa shape index (κ3) is 5.12. The fourth-order valence-corrected chi connectivity index (χ4v) is 2.22. The summed E-state index contributed by atoms with van der Waals surface area (Å²) in [4.78, 5) is 11.8. The fourth-order valence-electron chi connectivity index (χ4n) is 2.01. The maximum Gasteiger partial charge on any atom is 0.319 e. The van der Waals surface area contributed by atoms with Crippen LogP contribution in [0.4, 0.5) is 10.5 Å². The van der Waals surface area contributed by atoms with Crippen LogP contribution in [0.3, 0.4) is 0 Å². The lowest BCUT2D eigenvalue weighted by molar-refractivity contribution is 0.252. The van der Waals surface area contributed by atoms with Crippen molar-refractivity contribution >= 4 is 23.3 Å². The van der Waals surface area contributed by atoms with E-state index in [1.54, 1.807) is 0 Å². The first-order valence-electron chi connectivity index (χ1n) is 7.05. The lowest BCUT2D eigenvalue weighted by Gasteiger charge is -2.08. The highest BCUT2D eigenvalue weighted by molar-refractivity contribution is 6.30. The van der Waals surface area contributed by atoms with Crippen molar-refractivity contribution in [3.05, 3.63) is 64.7 Å². The lowest BCUT2D eigenvalue weighted by Crippen LogP contribution is -2.30. The zero-order valence-electron chi connectivity index (χ0n) is 12.0. The fraction of sp³-hybridized carbons (Fsp3) is 0.235. The number of carbonyl (C=O) groups is 1. The number of halogens is 1. The maximum absolute atomic E-state index is 11.8. The first kappa shape index (κ1) is 15.4. The van der Waals surface area contributed by atoms with Gasteiger partial charge >= 0.3 is 6.03 Å². The molecule has 110 valence electrons. The molecule has 4 heteroatoms. The van der Waals surface area contributed by atoms with Crippen LogP contribution >= 0.6 is 11.6 Å². The number of anilines is 1. The van der Waals surface area contributed by atoms with Crippen molar-refractivity contribution in [2.24, 2.45) is 0 Å². The zero-order chi connectivity index (χ0) is 15.1. The van der Waals surface area contributed by atoms with Crippen LogP contribution in [-0.4, -0.2) is 12.6 Å². The molecule has 0 aromatic heterocycles. The highest BCUT2D eigenvalue weighted by atomic mass is 35.5. The molecule has 0 bridgehead atoms. The van der Waals surface area contributed by atoms with Crippen LogP contribution in [0.25, 0.3) is 0 Å². The topological polar surface area (TPSA) is 41.1 Å². The molecule has 0 atom stereocenters. The number of hydrogen-bond donors (Lipinski definition) is 2. The number of hydrogen-bond acceptors (Lipinski definition) is 1. The SMILES string of the molecule is CCc1ccc(NC(=O)NCCc2cccc(Cl)c2)cc1. The van der Waals surface area contributed by atoms with Crippen LogP contribution in [0.2, 0.25) is 5.02 Å². The molecule has 0 unspecified atom stereocenters. The summed E-state index contributed by atoms with van der Waals surface area (Å²) >= 11 is 5.92. The summed E-state index contributed by atoms with van der Waals surface area (Å²) in [5.41, 5.74) is 3.16. The third-order valence-electron chi connectivity index (χ3n) is 3.21.